The van der Waals surface area contributed by atoms with Crippen molar-refractivity contribution in [2.45, 2.75) is 12.2 Å². The number of aliphatic hydroxyl groups excluding tert-OH is 2. The molecule has 1 aliphatic heterocycles. The van der Waals surface area contributed by atoms with E-state index in [9.17, 15) is 15.0 Å². The molecule has 1 saturated heterocycles. The number of likely N-dealkylation sites (tertiary alicyclic amines) is 1. The van der Waals surface area contributed by atoms with Gasteiger partial charge < -0.3 is 19.8 Å². The molecular formula is C12H14ClNO4. The molecule has 1 aliphatic rings. The van der Waals surface area contributed by atoms with Gasteiger partial charge in [0.15, 0.2) is 0 Å². The highest BCUT2D eigenvalue weighted by atomic mass is 35.5. The maximum atomic E-state index is 12.2. The lowest BCUT2D eigenvalue weighted by atomic mass is 10.1. The topological polar surface area (TPSA) is 70.0 Å². The molecule has 2 N–H and O–H groups in total. The second-order valence-corrected chi connectivity index (χ2v) is 4.63. The number of hydrogen-bond acceptors (Lipinski definition) is 4. The Bertz CT molecular complexity index is 455. The Labute approximate surface area is 110 Å². The number of carbonyl (C=O) groups is 1. The summed E-state index contributed by atoms with van der Waals surface area (Å²) < 4.78 is 5.10. The molecule has 2 atom stereocenters. The van der Waals surface area contributed by atoms with Crippen LogP contribution >= 0.6 is 11.6 Å². The van der Waals surface area contributed by atoms with Gasteiger partial charge in [0.1, 0.15) is 5.75 Å². The monoisotopic (exact) mass is 271 g/mol. The number of rotatable bonds is 2. The smallest absolute Gasteiger partial charge is 0.257 e. The minimum Gasteiger partial charge on any atom is -0.496 e. The van der Waals surface area contributed by atoms with E-state index in [-0.39, 0.29) is 19.0 Å². The van der Waals surface area contributed by atoms with E-state index in [4.69, 9.17) is 16.3 Å². The highest BCUT2D eigenvalue weighted by Crippen LogP contribution is 2.25. The molecule has 0 saturated carbocycles. The molecular weight excluding hydrogens is 258 g/mol. The van der Waals surface area contributed by atoms with Crippen LogP contribution in [0.25, 0.3) is 0 Å². The summed E-state index contributed by atoms with van der Waals surface area (Å²) >= 11 is 5.82. The number of halogens is 1. The molecule has 5 nitrogen and oxygen atoms in total. The molecule has 6 heteroatoms. The van der Waals surface area contributed by atoms with Gasteiger partial charge in [0.25, 0.3) is 5.91 Å². The summed E-state index contributed by atoms with van der Waals surface area (Å²) in [5, 5.41) is 19.4. The average molecular weight is 272 g/mol. The van der Waals surface area contributed by atoms with Crippen molar-refractivity contribution in [1.82, 2.24) is 4.90 Å². The van der Waals surface area contributed by atoms with Crippen LogP contribution in [0.5, 0.6) is 5.75 Å². The summed E-state index contributed by atoms with van der Waals surface area (Å²) in [7, 11) is 1.45. The number of amides is 1. The van der Waals surface area contributed by atoms with Crippen LogP contribution in [0.15, 0.2) is 18.2 Å². The second kappa shape index (κ2) is 5.14. The summed E-state index contributed by atoms with van der Waals surface area (Å²) in [6.07, 6.45) is -1.79. The Morgan fingerprint density at radius 1 is 1.39 bits per heavy atom. The second-order valence-electron chi connectivity index (χ2n) is 4.19. The van der Waals surface area contributed by atoms with Gasteiger partial charge in [-0.3, -0.25) is 4.79 Å². The number of β-amino-alcohol motifs (C(OH)–C–C–N with tert-alkyl or cyclic N) is 2. The molecule has 0 spiro atoms. The Morgan fingerprint density at radius 3 is 2.56 bits per heavy atom. The van der Waals surface area contributed by atoms with Crippen LogP contribution in [-0.2, 0) is 0 Å². The molecule has 2 rings (SSSR count). The first-order valence-corrected chi connectivity index (χ1v) is 5.89. The molecule has 2 unspecified atom stereocenters. The Hall–Kier alpha value is -1.30. The highest BCUT2D eigenvalue weighted by molar-refractivity contribution is 6.30. The Balaban J connectivity index is 2.24. The fraction of sp³-hybridized carbons (Fsp3) is 0.417. The standard InChI is InChI=1S/C12H14ClNO4/c1-18-11-4-7(13)2-3-8(11)12(17)14-5-9(15)10(16)6-14/h2-4,9-10,15-16H,5-6H2,1H3. The number of nitrogens with zero attached hydrogens (tertiary/aromatic N) is 1. The summed E-state index contributed by atoms with van der Waals surface area (Å²) in [4.78, 5) is 13.6. The zero-order valence-corrected chi connectivity index (χ0v) is 10.6. The van der Waals surface area contributed by atoms with Crippen LogP contribution in [0.1, 0.15) is 10.4 Å². The predicted molar refractivity (Wildman–Crippen MR) is 65.9 cm³/mol. The van der Waals surface area contributed by atoms with Crippen molar-refractivity contribution in [3.05, 3.63) is 28.8 Å². The minimum atomic E-state index is -0.896. The fourth-order valence-electron chi connectivity index (χ4n) is 1.95. The van der Waals surface area contributed by atoms with Crippen molar-refractivity contribution in [2.24, 2.45) is 0 Å². The van der Waals surface area contributed by atoms with Crippen LogP contribution in [0.3, 0.4) is 0 Å². The normalized spacial score (nSPS) is 23.2. The van der Waals surface area contributed by atoms with Gasteiger partial charge in [0.2, 0.25) is 0 Å². The minimum absolute atomic E-state index is 0.117. The summed E-state index contributed by atoms with van der Waals surface area (Å²) in [5.41, 5.74) is 0.364. The largest absolute Gasteiger partial charge is 0.496 e. The molecule has 1 amide bonds. The zero-order valence-electron chi connectivity index (χ0n) is 9.84. The van der Waals surface area contributed by atoms with E-state index in [2.05, 4.69) is 0 Å². The summed E-state index contributed by atoms with van der Waals surface area (Å²) in [6, 6.07) is 4.72. The third-order valence-electron chi connectivity index (χ3n) is 2.94. The van der Waals surface area contributed by atoms with E-state index in [1.54, 1.807) is 18.2 Å². The lowest BCUT2D eigenvalue weighted by Crippen LogP contribution is -2.30. The van der Waals surface area contributed by atoms with Crippen molar-refractivity contribution < 1.29 is 19.7 Å². The predicted octanol–water partition coefficient (Wildman–Crippen LogP) is 0.526. The van der Waals surface area contributed by atoms with Gasteiger partial charge in [0, 0.05) is 18.1 Å². The maximum Gasteiger partial charge on any atom is 0.257 e. The number of benzene rings is 1. The number of ether oxygens (including phenoxy) is 1. The third kappa shape index (κ3) is 2.43. The van der Waals surface area contributed by atoms with Crippen LogP contribution in [-0.4, -0.2) is 53.4 Å². The van der Waals surface area contributed by atoms with Crippen LogP contribution < -0.4 is 4.74 Å². The molecule has 0 radical (unpaired) electrons. The van der Waals surface area contributed by atoms with E-state index < -0.39 is 12.2 Å². The van der Waals surface area contributed by atoms with E-state index in [0.29, 0.717) is 16.3 Å². The summed E-state index contributed by atoms with van der Waals surface area (Å²) in [5.74, 6) is 0.0856. The number of hydrogen-bond donors (Lipinski definition) is 2. The Morgan fingerprint density at radius 2 is 2.00 bits per heavy atom. The maximum absolute atomic E-state index is 12.2. The molecule has 0 bridgehead atoms. The first-order chi connectivity index (χ1) is 8.52. The lowest BCUT2D eigenvalue weighted by molar-refractivity contribution is 0.0572. The van der Waals surface area contributed by atoms with Crippen LogP contribution in [0.2, 0.25) is 5.02 Å². The first-order valence-electron chi connectivity index (χ1n) is 5.52. The molecule has 1 fully saturated rings. The quantitative estimate of drug-likeness (QED) is 0.823. The van der Waals surface area contributed by atoms with Crippen molar-refractivity contribution in [2.75, 3.05) is 20.2 Å². The van der Waals surface area contributed by atoms with E-state index in [0.717, 1.165) is 0 Å². The highest BCUT2D eigenvalue weighted by Gasteiger charge is 2.33. The van der Waals surface area contributed by atoms with Crippen molar-refractivity contribution in [1.29, 1.82) is 0 Å². The van der Waals surface area contributed by atoms with Crippen molar-refractivity contribution in [3.8, 4) is 5.75 Å². The fourth-order valence-corrected chi connectivity index (χ4v) is 2.11. The van der Waals surface area contributed by atoms with Crippen molar-refractivity contribution in [3.63, 3.8) is 0 Å². The molecule has 18 heavy (non-hydrogen) atoms. The molecule has 1 aromatic rings. The van der Waals surface area contributed by atoms with Gasteiger partial charge in [-0.1, -0.05) is 11.6 Å². The van der Waals surface area contributed by atoms with Crippen LogP contribution in [0.4, 0.5) is 0 Å². The molecule has 1 heterocycles. The van der Waals surface area contributed by atoms with Gasteiger partial charge in [0.05, 0.1) is 24.9 Å². The van der Waals surface area contributed by atoms with E-state index >= 15 is 0 Å². The lowest BCUT2D eigenvalue weighted by Gasteiger charge is -2.17. The van der Waals surface area contributed by atoms with Gasteiger partial charge in [-0.15, -0.1) is 0 Å². The number of aliphatic hydroxyl groups is 2. The third-order valence-corrected chi connectivity index (χ3v) is 3.18. The number of methoxy groups -OCH3 is 1. The SMILES string of the molecule is COc1cc(Cl)ccc1C(=O)N1CC(O)C(O)C1. The van der Waals surface area contributed by atoms with Gasteiger partial charge in [-0.05, 0) is 18.2 Å². The van der Waals surface area contributed by atoms with Gasteiger partial charge in [-0.25, -0.2) is 0 Å². The first kappa shape index (κ1) is 13.1. The van der Waals surface area contributed by atoms with Crippen molar-refractivity contribution >= 4 is 17.5 Å². The molecule has 98 valence electrons. The van der Waals surface area contributed by atoms with Gasteiger partial charge in [-0.2, -0.15) is 0 Å². The average Bonchev–Trinajstić information content (AvgIpc) is 2.68. The van der Waals surface area contributed by atoms with E-state index in [1.165, 1.54) is 12.0 Å². The van der Waals surface area contributed by atoms with Gasteiger partial charge >= 0.3 is 0 Å². The Kier molecular flexibility index (Phi) is 3.75. The molecule has 1 aromatic carbocycles. The molecule has 0 aromatic heterocycles. The van der Waals surface area contributed by atoms with E-state index in [1.807, 2.05) is 0 Å². The number of carbonyl (C=O) groups excluding carboxylic acids is 1. The zero-order chi connectivity index (χ0) is 13.3. The van der Waals surface area contributed by atoms with Crippen LogP contribution in [0, 0.1) is 0 Å². The molecule has 0 aliphatic carbocycles. The summed E-state index contributed by atoms with van der Waals surface area (Å²) in [6.45, 7) is 0.234.